The Bertz CT molecular complexity index is 295. The smallest absolute Gasteiger partial charge is 0.0962 e. The van der Waals surface area contributed by atoms with E-state index < -0.39 is 0 Å². The van der Waals surface area contributed by atoms with Crippen LogP contribution in [0.4, 0.5) is 0 Å². The fourth-order valence-electron chi connectivity index (χ4n) is 2.38. The quantitative estimate of drug-likeness (QED) is 0.527. The highest BCUT2D eigenvalue weighted by atomic mass is 16.6. The van der Waals surface area contributed by atoms with E-state index in [-0.39, 0.29) is 23.0 Å². The van der Waals surface area contributed by atoms with Crippen molar-refractivity contribution in [3.05, 3.63) is 0 Å². The van der Waals surface area contributed by atoms with Crippen molar-refractivity contribution in [1.82, 2.24) is 0 Å². The third-order valence-electron chi connectivity index (χ3n) is 3.56. The first-order chi connectivity index (χ1) is 6.04. The lowest BCUT2D eigenvalue weighted by atomic mass is 9.70. The molecule has 2 fully saturated rings. The van der Waals surface area contributed by atoms with Crippen molar-refractivity contribution >= 4 is 0 Å². The van der Waals surface area contributed by atoms with E-state index in [2.05, 4.69) is 12.1 Å². The maximum Gasteiger partial charge on any atom is 0.0962 e. The summed E-state index contributed by atoms with van der Waals surface area (Å²) >= 11 is 0. The molecule has 0 radical (unpaired) electrons. The first kappa shape index (κ1) is 8.53. The average molecular weight is 176 g/mol. The van der Waals surface area contributed by atoms with Crippen LogP contribution in [0.2, 0.25) is 0 Å². The molecule has 13 heavy (non-hydrogen) atoms. The topological polar surface area (TPSA) is 60.1 Å². The van der Waals surface area contributed by atoms with Gasteiger partial charge in [-0.25, -0.2) is 0 Å². The van der Waals surface area contributed by atoms with Crippen LogP contribution >= 0.6 is 0 Å². The molecule has 1 heterocycles. The zero-order chi connectivity index (χ0) is 9.69. The Morgan fingerprint density at radius 2 is 1.46 bits per heavy atom. The standard InChI is InChI=1S/C10H12N2O/c1-9-3-7(5-11)8(6-12)4-10(9,2)13-9/h7-8H,3-4H2,1-2H3. The molecule has 0 spiro atoms. The summed E-state index contributed by atoms with van der Waals surface area (Å²) in [5.41, 5.74) is -0.276. The summed E-state index contributed by atoms with van der Waals surface area (Å²) in [5, 5.41) is 17.7. The molecule has 3 nitrogen and oxygen atoms in total. The molecule has 2 aliphatic rings. The van der Waals surface area contributed by atoms with Crippen LogP contribution < -0.4 is 0 Å². The Morgan fingerprint density at radius 1 is 1.08 bits per heavy atom. The number of hydrogen-bond donors (Lipinski definition) is 0. The molecule has 0 aromatic heterocycles. The normalized spacial score (nSPS) is 52.9. The summed E-state index contributed by atoms with van der Waals surface area (Å²) in [6.45, 7) is 4.07. The van der Waals surface area contributed by atoms with E-state index >= 15 is 0 Å². The Labute approximate surface area is 77.9 Å². The van der Waals surface area contributed by atoms with Gasteiger partial charge in [-0.2, -0.15) is 10.5 Å². The number of rotatable bonds is 0. The minimum Gasteiger partial charge on any atom is -0.363 e. The second-order valence-corrected chi connectivity index (χ2v) is 4.44. The van der Waals surface area contributed by atoms with Crippen LogP contribution in [0.1, 0.15) is 26.7 Å². The minimum absolute atomic E-state index is 0.138. The molecule has 2 rings (SSSR count). The molecule has 1 saturated carbocycles. The Morgan fingerprint density at radius 3 is 1.77 bits per heavy atom. The van der Waals surface area contributed by atoms with Gasteiger partial charge in [-0.05, 0) is 26.7 Å². The van der Waals surface area contributed by atoms with Crippen molar-refractivity contribution in [2.45, 2.75) is 37.9 Å². The Hall–Kier alpha value is -1.06. The van der Waals surface area contributed by atoms with Crippen molar-refractivity contribution in [2.75, 3.05) is 0 Å². The molecule has 0 aromatic rings. The maximum absolute atomic E-state index is 8.87. The zero-order valence-corrected chi connectivity index (χ0v) is 7.87. The van der Waals surface area contributed by atoms with Crippen LogP contribution in [-0.4, -0.2) is 11.2 Å². The number of epoxide rings is 1. The van der Waals surface area contributed by atoms with E-state index in [1.807, 2.05) is 13.8 Å². The predicted molar refractivity (Wildman–Crippen MR) is 45.3 cm³/mol. The summed E-state index contributed by atoms with van der Waals surface area (Å²) in [6, 6.07) is 4.40. The molecule has 4 unspecified atom stereocenters. The van der Waals surface area contributed by atoms with Crippen molar-refractivity contribution < 1.29 is 4.74 Å². The Balaban J connectivity index is 2.22. The van der Waals surface area contributed by atoms with Crippen molar-refractivity contribution in [3.63, 3.8) is 0 Å². The summed E-state index contributed by atoms with van der Waals surface area (Å²) in [5.74, 6) is -0.295. The van der Waals surface area contributed by atoms with Gasteiger partial charge in [0.2, 0.25) is 0 Å². The highest BCUT2D eigenvalue weighted by Gasteiger charge is 2.67. The van der Waals surface area contributed by atoms with Gasteiger partial charge in [0.15, 0.2) is 0 Å². The summed E-state index contributed by atoms with van der Waals surface area (Å²) in [4.78, 5) is 0. The fraction of sp³-hybridized carbons (Fsp3) is 0.800. The monoisotopic (exact) mass is 176 g/mol. The largest absolute Gasteiger partial charge is 0.363 e. The fourth-order valence-corrected chi connectivity index (χ4v) is 2.38. The molecule has 0 amide bonds. The third kappa shape index (κ3) is 0.975. The van der Waals surface area contributed by atoms with Gasteiger partial charge in [0.05, 0.1) is 35.2 Å². The number of fused-ring (bicyclic) bond motifs is 1. The summed E-state index contributed by atoms with van der Waals surface area (Å²) in [7, 11) is 0. The third-order valence-corrected chi connectivity index (χ3v) is 3.56. The van der Waals surface area contributed by atoms with Crippen LogP contribution in [-0.2, 0) is 4.74 Å². The molecule has 4 atom stereocenters. The van der Waals surface area contributed by atoms with Crippen molar-refractivity contribution in [1.29, 1.82) is 10.5 Å². The van der Waals surface area contributed by atoms with Crippen molar-refractivity contribution in [3.8, 4) is 12.1 Å². The highest BCUT2D eigenvalue weighted by molar-refractivity contribution is 5.21. The van der Waals surface area contributed by atoms with E-state index in [1.165, 1.54) is 0 Å². The molecular weight excluding hydrogens is 164 g/mol. The maximum atomic E-state index is 8.87. The zero-order valence-electron chi connectivity index (χ0n) is 7.87. The molecule has 0 bridgehead atoms. The predicted octanol–water partition coefficient (Wildman–Crippen LogP) is 1.61. The number of nitriles is 2. The molecule has 1 saturated heterocycles. The lowest BCUT2D eigenvalue weighted by Crippen LogP contribution is -2.34. The van der Waals surface area contributed by atoms with Crippen LogP contribution in [0.3, 0.4) is 0 Å². The van der Waals surface area contributed by atoms with Gasteiger partial charge in [0.25, 0.3) is 0 Å². The van der Waals surface area contributed by atoms with Gasteiger partial charge in [-0.3, -0.25) is 0 Å². The van der Waals surface area contributed by atoms with E-state index in [1.54, 1.807) is 0 Å². The molecule has 3 heteroatoms. The highest BCUT2D eigenvalue weighted by Crippen LogP contribution is 2.59. The van der Waals surface area contributed by atoms with E-state index in [0.717, 1.165) is 0 Å². The van der Waals surface area contributed by atoms with Crippen molar-refractivity contribution in [2.24, 2.45) is 11.8 Å². The average Bonchev–Trinajstić information content (AvgIpc) is 2.65. The van der Waals surface area contributed by atoms with Crippen LogP contribution in [0.25, 0.3) is 0 Å². The first-order valence-electron chi connectivity index (χ1n) is 4.54. The second-order valence-electron chi connectivity index (χ2n) is 4.44. The minimum atomic E-state index is -0.148. The van der Waals surface area contributed by atoms with Gasteiger partial charge in [0.1, 0.15) is 0 Å². The molecule has 68 valence electrons. The van der Waals surface area contributed by atoms with Gasteiger partial charge >= 0.3 is 0 Å². The van der Waals surface area contributed by atoms with Gasteiger partial charge < -0.3 is 4.74 Å². The lowest BCUT2D eigenvalue weighted by Gasteiger charge is -2.26. The van der Waals surface area contributed by atoms with Gasteiger partial charge in [-0.15, -0.1) is 0 Å². The van der Waals surface area contributed by atoms with Crippen LogP contribution in [0.5, 0.6) is 0 Å². The Kier molecular flexibility index (Phi) is 1.47. The molecule has 0 aromatic carbocycles. The van der Waals surface area contributed by atoms with E-state index in [9.17, 15) is 0 Å². The molecule has 1 aliphatic carbocycles. The molecular formula is C10H12N2O. The second kappa shape index (κ2) is 2.25. The van der Waals surface area contributed by atoms with Crippen LogP contribution in [0.15, 0.2) is 0 Å². The van der Waals surface area contributed by atoms with Crippen LogP contribution in [0, 0.1) is 34.5 Å². The SMILES string of the molecule is CC12CC(C#N)C(C#N)CC1(C)O2. The molecule has 1 aliphatic heterocycles. The lowest BCUT2D eigenvalue weighted by molar-refractivity contribution is 0.277. The van der Waals surface area contributed by atoms with Gasteiger partial charge in [0, 0.05) is 0 Å². The number of ether oxygens (including phenoxy) is 1. The summed E-state index contributed by atoms with van der Waals surface area (Å²) < 4.78 is 5.61. The molecule has 0 N–H and O–H groups in total. The van der Waals surface area contributed by atoms with E-state index in [0.29, 0.717) is 12.8 Å². The first-order valence-corrected chi connectivity index (χ1v) is 4.54. The number of nitrogens with zero attached hydrogens (tertiary/aromatic N) is 2. The van der Waals surface area contributed by atoms with E-state index in [4.69, 9.17) is 15.3 Å². The van der Waals surface area contributed by atoms with Gasteiger partial charge in [-0.1, -0.05) is 0 Å². The summed E-state index contributed by atoms with van der Waals surface area (Å²) in [6.07, 6.45) is 1.41. The number of hydrogen-bond acceptors (Lipinski definition) is 3.